The minimum Gasteiger partial charge on any atom is -0.454 e. The van der Waals surface area contributed by atoms with Gasteiger partial charge in [0.1, 0.15) is 6.54 Å². The second kappa shape index (κ2) is 6.40. The third kappa shape index (κ3) is 3.61. The van der Waals surface area contributed by atoms with E-state index in [4.69, 9.17) is 9.26 Å². The summed E-state index contributed by atoms with van der Waals surface area (Å²) in [5, 5.41) is 9.74. The van der Waals surface area contributed by atoms with Crippen LogP contribution in [0.15, 0.2) is 43.1 Å². The summed E-state index contributed by atoms with van der Waals surface area (Å²) >= 11 is 1.50. The van der Waals surface area contributed by atoms with E-state index in [1.807, 2.05) is 16.8 Å². The Labute approximate surface area is 132 Å². The molecular weight excluding hydrogens is 324 g/mol. The largest absolute Gasteiger partial charge is 0.454 e. The smallest absolute Gasteiger partial charge is 0.328 e. The van der Waals surface area contributed by atoms with Gasteiger partial charge in [-0.1, -0.05) is 5.16 Å². The van der Waals surface area contributed by atoms with Crippen LogP contribution in [0.5, 0.6) is 0 Å². The lowest BCUT2D eigenvalue weighted by Crippen LogP contribution is -2.31. The second-order valence-electron chi connectivity index (χ2n) is 4.42. The fourth-order valence-electron chi connectivity index (χ4n) is 1.72. The Kier molecular flexibility index (Phi) is 4.15. The Morgan fingerprint density at radius 1 is 1.35 bits per heavy atom. The molecule has 0 saturated carbocycles. The summed E-state index contributed by atoms with van der Waals surface area (Å²) in [4.78, 5) is 38.4. The van der Waals surface area contributed by atoms with Gasteiger partial charge in [0.05, 0.1) is 0 Å². The molecule has 3 aromatic heterocycles. The first-order valence-corrected chi connectivity index (χ1v) is 7.37. The monoisotopic (exact) mass is 334 g/mol. The number of thiophene rings is 1. The third-order valence-corrected chi connectivity index (χ3v) is 3.46. The van der Waals surface area contributed by atoms with Crippen LogP contribution in [-0.4, -0.2) is 25.9 Å². The fraction of sp³-hybridized carbons (Fsp3) is 0.154. The lowest BCUT2D eigenvalue weighted by molar-refractivity contribution is -0.146. The van der Waals surface area contributed by atoms with Gasteiger partial charge in [-0.2, -0.15) is 16.3 Å². The minimum atomic E-state index is -0.718. The van der Waals surface area contributed by atoms with Crippen molar-refractivity contribution in [3.05, 3.63) is 55.6 Å². The number of esters is 1. The minimum absolute atomic E-state index is 0.133. The van der Waals surface area contributed by atoms with Crippen molar-refractivity contribution in [1.29, 1.82) is 0 Å². The van der Waals surface area contributed by atoms with E-state index >= 15 is 0 Å². The van der Waals surface area contributed by atoms with Crippen molar-refractivity contribution >= 4 is 17.3 Å². The Morgan fingerprint density at radius 2 is 2.22 bits per heavy atom. The predicted octanol–water partition coefficient (Wildman–Crippen LogP) is 0.391. The quantitative estimate of drug-likeness (QED) is 0.670. The van der Waals surface area contributed by atoms with Crippen LogP contribution in [0.1, 0.15) is 5.89 Å². The number of carbonyl (C=O) groups excluding carboxylic acids is 1. The van der Waals surface area contributed by atoms with Crippen molar-refractivity contribution in [2.45, 2.75) is 13.2 Å². The van der Waals surface area contributed by atoms with E-state index in [1.54, 1.807) is 0 Å². The zero-order valence-corrected chi connectivity index (χ0v) is 12.4. The topological polar surface area (TPSA) is 120 Å². The van der Waals surface area contributed by atoms with Gasteiger partial charge in [-0.25, -0.2) is 4.68 Å². The average molecular weight is 334 g/mol. The average Bonchev–Trinajstić information content (AvgIpc) is 3.19. The van der Waals surface area contributed by atoms with Crippen LogP contribution >= 0.6 is 11.3 Å². The van der Waals surface area contributed by atoms with E-state index in [-0.39, 0.29) is 12.5 Å². The second-order valence-corrected chi connectivity index (χ2v) is 5.20. The number of rotatable bonds is 5. The number of H-pyrrole nitrogens is 1. The van der Waals surface area contributed by atoms with Gasteiger partial charge in [-0.15, -0.1) is 0 Å². The van der Waals surface area contributed by atoms with Gasteiger partial charge in [-0.3, -0.25) is 19.5 Å². The van der Waals surface area contributed by atoms with Crippen LogP contribution < -0.4 is 11.1 Å². The number of ether oxygens (including phenoxy) is 1. The molecule has 0 unspecified atom stereocenters. The van der Waals surface area contributed by atoms with Crippen LogP contribution in [0.3, 0.4) is 0 Å². The number of hydrogen-bond donors (Lipinski definition) is 1. The molecule has 0 amide bonds. The van der Waals surface area contributed by atoms with Crippen LogP contribution in [-0.2, 0) is 22.7 Å². The maximum Gasteiger partial charge on any atom is 0.328 e. The molecule has 0 radical (unpaired) electrons. The summed E-state index contributed by atoms with van der Waals surface area (Å²) < 4.78 is 10.8. The first-order valence-electron chi connectivity index (χ1n) is 6.43. The molecule has 10 heteroatoms. The highest BCUT2D eigenvalue weighted by atomic mass is 32.1. The van der Waals surface area contributed by atoms with Crippen molar-refractivity contribution in [1.82, 2.24) is 19.9 Å². The van der Waals surface area contributed by atoms with Crippen molar-refractivity contribution in [3.63, 3.8) is 0 Å². The van der Waals surface area contributed by atoms with E-state index in [0.717, 1.165) is 22.4 Å². The van der Waals surface area contributed by atoms with Gasteiger partial charge in [0.15, 0.2) is 6.61 Å². The molecule has 1 N–H and O–H groups in total. The maximum atomic E-state index is 11.7. The first-order chi connectivity index (χ1) is 11.1. The summed E-state index contributed by atoms with van der Waals surface area (Å²) in [6.45, 7) is -0.637. The Hall–Kier alpha value is -3.01. The fourth-order valence-corrected chi connectivity index (χ4v) is 2.35. The molecule has 0 aliphatic heterocycles. The molecule has 0 atom stereocenters. The van der Waals surface area contributed by atoms with Gasteiger partial charge in [0, 0.05) is 23.1 Å². The lowest BCUT2D eigenvalue weighted by atomic mass is 10.3. The Balaban J connectivity index is 1.60. The number of aromatic amines is 1. The highest BCUT2D eigenvalue weighted by Gasteiger charge is 2.12. The molecule has 0 aromatic carbocycles. The molecule has 0 aliphatic rings. The zero-order chi connectivity index (χ0) is 16.2. The van der Waals surface area contributed by atoms with Gasteiger partial charge >= 0.3 is 5.97 Å². The number of nitrogens with one attached hydrogen (secondary N) is 1. The van der Waals surface area contributed by atoms with E-state index in [2.05, 4.69) is 15.2 Å². The number of carbonyl (C=O) groups is 1. The molecule has 3 rings (SSSR count). The number of aromatic nitrogens is 4. The summed E-state index contributed by atoms with van der Waals surface area (Å²) in [5.74, 6) is -0.182. The van der Waals surface area contributed by atoms with E-state index in [1.165, 1.54) is 11.3 Å². The molecule has 23 heavy (non-hydrogen) atoms. The van der Waals surface area contributed by atoms with E-state index in [9.17, 15) is 14.4 Å². The molecule has 118 valence electrons. The number of hydrogen-bond acceptors (Lipinski definition) is 8. The molecule has 3 heterocycles. The van der Waals surface area contributed by atoms with E-state index in [0.29, 0.717) is 5.82 Å². The molecule has 0 aliphatic carbocycles. The molecular formula is C13H10N4O5S. The molecule has 9 nitrogen and oxygen atoms in total. The van der Waals surface area contributed by atoms with E-state index < -0.39 is 23.6 Å². The summed E-state index contributed by atoms with van der Waals surface area (Å²) in [6.07, 6.45) is 0. The first kappa shape index (κ1) is 14.9. The maximum absolute atomic E-state index is 11.7. The normalized spacial score (nSPS) is 10.6. The molecule has 3 aromatic rings. The van der Waals surface area contributed by atoms with Gasteiger partial charge in [0.2, 0.25) is 5.82 Å². The summed E-state index contributed by atoms with van der Waals surface area (Å²) in [6, 6.07) is 3.98. The zero-order valence-electron chi connectivity index (χ0n) is 11.6. The van der Waals surface area contributed by atoms with Crippen molar-refractivity contribution in [2.24, 2.45) is 0 Å². The van der Waals surface area contributed by atoms with Gasteiger partial charge in [-0.05, 0) is 11.4 Å². The van der Waals surface area contributed by atoms with Crippen molar-refractivity contribution < 1.29 is 14.1 Å². The SMILES string of the molecule is O=C(Cn1[nH]c(=O)ccc1=O)OCc1nc(-c2ccsc2)no1. The Bertz CT molecular complexity index is 924. The Morgan fingerprint density at radius 3 is 3.00 bits per heavy atom. The summed E-state index contributed by atoms with van der Waals surface area (Å²) in [7, 11) is 0. The van der Waals surface area contributed by atoms with Crippen molar-refractivity contribution in [3.8, 4) is 11.4 Å². The van der Waals surface area contributed by atoms with Crippen LogP contribution in [0.4, 0.5) is 0 Å². The van der Waals surface area contributed by atoms with Crippen LogP contribution in [0.2, 0.25) is 0 Å². The molecule has 0 fully saturated rings. The summed E-state index contributed by atoms with van der Waals surface area (Å²) in [5.41, 5.74) is -0.196. The van der Waals surface area contributed by atoms with Gasteiger partial charge < -0.3 is 9.26 Å². The van der Waals surface area contributed by atoms with Crippen molar-refractivity contribution in [2.75, 3.05) is 0 Å². The number of nitrogens with zero attached hydrogens (tertiary/aromatic N) is 3. The van der Waals surface area contributed by atoms with Crippen LogP contribution in [0.25, 0.3) is 11.4 Å². The van der Waals surface area contributed by atoms with Crippen LogP contribution in [0, 0.1) is 0 Å². The van der Waals surface area contributed by atoms with Gasteiger partial charge in [0.25, 0.3) is 17.0 Å². The molecule has 0 bridgehead atoms. The molecule has 0 saturated heterocycles. The predicted molar refractivity (Wildman–Crippen MR) is 78.7 cm³/mol. The lowest BCUT2D eigenvalue weighted by Gasteiger charge is -2.04. The highest BCUT2D eigenvalue weighted by molar-refractivity contribution is 7.08. The highest BCUT2D eigenvalue weighted by Crippen LogP contribution is 2.18. The molecule has 0 spiro atoms. The third-order valence-electron chi connectivity index (χ3n) is 2.78. The standard InChI is InChI=1S/C13H10N4O5S/c18-9-1-2-11(19)17(15-9)5-12(20)21-6-10-14-13(16-22-10)8-3-4-23-7-8/h1-4,7H,5-6H2,(H,15,18).